The van der Waals surface area contributed by atoms with Gasteiger partial charge in [0.2, 0.25) is 5.91 Å². The number of aryl methyl sites for hydroxylation is 1. The summed E-state index contributed by atoms with van der Waals surface area (Å²) in [5.41, 5.74) is 3.11. The molecule has 2 aromatic heterocycles. The van der Waals surface area contributed by atoms with Gasteiger partial charge in [-0.25, -0.2) is 9.67 Å². The molecule has 8 nitrogen and oxygen atoms in total. The first-order chi connectivity index (χ1) is 14.9. The first-order valence-electron chi connectivity index (χ1n) is 9.50. The fourth-order valence-electron chi connectivity index (χ4n) is 3.06. The highest BCUT2D eigenvalue weighted by Crippen LogP contribution is 2.20. The zero-order valence-electron chi connectivity index (χ0n) is 16.9. The van der Waals surface area contributed by atoms with Crippen molar-refractivity contribution >= 4 is 40.2 Å². The van der Waals surface area contributed by atoms with E-state index >= 15 is 0 Å². The second-order valence-corrected chi connectivity index (χ2v) is 7.89. The molecule has 1 amide bonds. The minimum Gasteiger partial charge on any atom is -0.325 e. The van der Waals surface area contributed by atoms with Crippen LogP contribution >= 0.6 is 11.8 Å². The molecule has 0 aliphatic rings. The van der Waals surface area contributed by atoms with Crippen LogP contribution in [0.5, 0.6) is 0 Å². The van der Waals surface area contributed by atoms with Gasteiger partial charge < -0.3 is 10.3 Å². The van der Waals surface area contributed by atoms with Crippen LogP contribution in [0.15, 0.2) is 64.7 Å². The SMILES string of the molecule is CC(=O)c1ccc(NC(=O)CSc2nc3c(cnn3-c3ccccc3C)c(=O)[nH]2)cc1. The number of aromatic nitrogens is 4. The molecule has 4 aromatic rings. The van der Waals surface area contributed by atoms with Crippen LogP contribution in [0.4, 0.5) is 5.69 Å². The van der Waals surface area contributed by atoms with Crippen LogP contribution in [0, 0.1) is 6.92 Å². The number of rotatable bonds is 6. The largest absolute Gasteiger partial charge is 0.325 e. The fraction of sp³-hybridized carbons (Fsp3) is 0.136. The Morgan fingerprint density at radius 2 is 1.87 bits per heavy atom. The number of para-hydroxylation sites is 1. The number of benzene rings is 2. The van der Waals surface area contributed by atoms with E-state index in [9.17, 15) is 14.4 Å². The molecule has 0 unspecified atom stereocenters. The third kappa shape index (κ3) is 4.41. The van der Waals surface area contributed by atoms with Crippen LogP contribution in [0.2, 0.25) is 0 Å². The van der Waals surface area contributed by atoms with Crippen LogP contribution in [-0.2, 0) is 4.79 Å². The summed E-state index contributed by atoms with van der Waals surface area (Å²) in [4.78, 5) is 43.3. The number of nitrogens with one attached hydrogen (secondary N) is 2. The van der Waals surface area contributed by atoms with Crippen LogP contribution < -0.4 is 10.9 Å². The zero-order chi connectivity index (χ0) is 22.0. The number of amides is 1. The summed E-state index contributed by atoms with van der Waals surface area (Å²) in [5, 5.41) is 7.79. The van der Waals surface area contributed by atoms with E-state index in [-0.39, 0.29) is 23.0 Å². The molecule has 0 aliphatic carbocycles. The van der Waals surface area contributed by atoms with E-state index in [0.717, 1.165) is 23.0 Å². The molecule has 9 heteroatoms. The lowest BCUT2D eigenvalue weighted by Gasteiger charge is -2.07. The average molecular weight is 433 g/mol. The molecule has 0 radical (unpaired) electrons. The van der Waals surface area contributed by atoms with Gasteiger partial charge in [0.1, 0.15) is 5.39 Å². The van der Waals surface area contributed by atoms with E-state index in [2.05, 4.69) is 20.4 Å². The Morgan fingerprint density at radius 3 is 2.58 bits per heavy atom. The highest BCUT2D eigenvalue weighted by molar-refractivity contribution is 7.99. The second-order valence-electron chi connectivity index (χ2n) is 6.92. The van der Waals surface area contributed by atoms with Crippen LogP contribution in [0.25, 0.3) is 16.7 Å². The first kappa shape index (κ1) is 20.5. The van der Waals surface area contributed by atoms with E-state index in [0.29, 0.717) is 27.4 Å². The highest BCUT2D eigenvalue weighted by atomic mass is 32.2. The van der Waals surface area contributed by atoms with E-state index in [1.807, 2.05) is 31.2 Å². The predicted molar refractivity (Wildman–Crippen MR) is 120 cm³/mol. The van der Waals surface area contributed by atoms with Crippen molar-refractivity contribution in [1.82, 2.24) is 19.7 Å². The minimum absolute atomic E-state index is 0.0382. The van der Waals surface area contributed by atoms with Gasteiger partial charge in [-0.3, -0.25) is 14.4 Å². The summed E-state index contributed by atoms with van der Waals surface area (Å²) >= 11 is 1.12. The molecule has 0 spiro atoms. The number of hydrogen-bond donors (Lipinski definition) is 2. The number of anilines is 1. The monoisotopic (exact) mass is 433 g/mol. The lowest BCUT2D eigenvalue weighted by atomic mass is 10.1. The van der Waals surface area contributed by atoms with Gasteiger partial charge in [0.25, 0.3) is 5.56 Å². The molecule has 156 valence electrons. The van der Waals surface area contributed by atoms with E-state index in [1.54, 1.807) is 28.9 Å². The van der Waals surface area contributed by atoms with Gasteiger partial charge in [-0.2, -0.15) is 5.10 Å². The maximum atomic E-state index is 12.5. The number of carbonyl (C=O) groups excluding carboxylic acids is 2. The summed E-state index contributed by atoms with van der Waals surface area (Å²) in [5.74, 6) is -0.235. The van der Waals surface area contributed by atoms with Gasteiger partial charge in [0, 0.05) is 11.3 Å². The number of Topliss-reactive ketones (excluding diaryl/α,β-unsaturated/α-hetero) is 1. The number of ketones is 1. The summed E-state index contributed by atoms with van der Waals surface area (Å²) < 4.78 is 1.63. The maximum absolute atomic E-state index is 12.5. The molecule has 0 aliphatic heterocycles. The molecule has 2 aromatic carbocycles. The molecule has 2 N–H and O–H groups in total. The van der Waals surface area contributed by atoms with Gasteiger partial charge in [-0.1, -0.05) is 30.0 Å². The lowest BCUT2D eigenvalue weighted by Crippen LogP contribution is -2.15. The number of fused-ring (bicyclic) bond motifs is 1. The van der Waals surface area contributed by atoms with Crippen molar-refractivity contribution in [3.05, 3.63) is 76.2 Å². The Labute approximate surface area is 181 Å². The van der Waals surface area contributed by atoms with Crippen LogP contribution in [0.3, 0.4) is 0 Å². The smallest absolute Gasteiger partial charge is 0.262 e. The van der Waals surface area contributed by atoms with Crippen LogP contribution in [0.1, 0.15) is 22.8 Å². The Morgan fingerprint density at radius 1 is 1.13 bits per heavy atom. The standard InChI is InChI=1S/C22H19N5O3S/c1-13-5-3-4-6-18(13)27-20-17(11-23-27)21(30)26-22(25-20)31-12-19(29)24-16-9-7-15(8-10-16)14(2)28/h3-11H,12H2,1-2H3,(H,24,29)(H,25,26,30). The number of aromatic amines is 1. The second kappa shape index (κ2) is 8.57. The van der Waals surface area contributed by atoms with Gasteiger partial charge in [-0.15, -0.1) is 0 Å². The molecule has 4 rings (SSSR count). The van der Waals surface area contributed by atoms with Crippen molar-refractivity contribution in [3.63, 3.8) is 0 Å². The Hall–Kier alpha value is -3.72. The van der Waals surface area contributed by atoms with Crippen molar-refractivity contribution in [2.75, 3.05) is 11.1 Å². The third-order valence-electron chi connectivity index (χ3n) is 4.68. The number of H-pyrrole nitrogens is 1. The van der Waals surface area contributed by atoms with Crippen molar-refractivity contribution < 1.29 is 9.59 Å². The molecular weight excluding hydrogens is 414 g/mol. The molecule has 31 heavy (non-hydrogen) atoms. The Kier molecular flexibility index (Phi) is 5.68. The fourth-order valence-corrected chi connectivity index (χ4v) is 3.72. The van der Waals surface area contributed by atoms with Crippen LogP contribution in [-0.4, -0.2) is 37.2 Å². The Bertz CT molecular complexity index is 1340. The predicted octanol–water partition coefficient (Wildman–Crippen LogP) is 3.35. The minimum atomic E-state index is -0.312. The van der Waals surface area contributed by atoms with Crippen molar-refractivity contribution in [1.29, 1.82) is 0 Å². The van der Waals surface area contributed by atoms with Crippen molar-refractivity contribution in [3.8, 4) is 5.69 Å². The topological polar surface area (TPSA) is 110 Å². The number of nitrogens with zero attached hydrogens (tertiary/aromatic N) is 3. The summed E-state index contributed by atoms with van der Waals surface area (Å²) in [6.45, 7) is 3.44. The number of hydrogen-bond acceptors (Lipinski definition) is 6. The summed E-state index contributed by atoms with van der Waals surface area (Å²) in [7, 11) is 0. The molecule has 0 bridgehead atoms. The quantitative estimate of drug-likeness (QED) is 0.274. The van der Waals surface area contributed by atoms with Gasteiger partial charge in [0.05, 0.1) is 17.6 Å². The summed E-state index contributed by atoms with van der Waals surface area (Å²) in [6, 6.07) is 14.3. The average Bonchev–Trinajstić information content (AvgIpc) is 3.17. The maximum Gasteiger partial charge on any atom is 0.262 e. The normalized spacial score (nSPS) is 10.9. The van der Waals surface area contributed by atoms with Gasteiger partial charge in [-0.05, 0) is 49.7 Å². The molecule has 2 heterocycles. The molecule has 0 fully saturated rings. The molecule has 0 saturated heterocycles. The molecular formula is C22H19N5O3S. The summed E-state index contributed by atoms with van der Waals surface area (Å²) in [6.07, 6.45) is 1.49. The van der Waals surface area contributed by atoms with Crippen molar-refractivity contribution in [2.45, 2.75) is 19.0 Å². The highest BCUT2D eigenvalue weighted by Gasteiger charge is 2.14. The third-order valence-corrected chi connectivity index (χ3v) is 5.55. The van der Waals surface area contributed by atoms with E-state index < -0.39 is 0 Å². The van der Waals surface area contributed by atoms with E-state index in [4.69, 9.17) is 0 Å². The van der Waals surface area contributed by atoms with Gasteiger partial charge >= 0.3 is 0 Å². The zero-order valence-corrected chi connectivity index (χ0v) is 17.7. The van der Waals surface area contributed by atoms with E-state index in [1.165, 1.54) is 13.1 Å². The molecule has 0 saturated carbocycles. The number of carbonyl (C=O) groups is 2. The lowest BCUT2D eigenvalue weighted by molar-refractivity contribution is -0.113. The number of thioether (sulfide) groups is 1. The molecule has 0 atom stereocenters. The first-order valence-corrected chi connectivity index (χ1v) is 10.5. The Balaban J connectivity index is 1.51. The van der Waals surface area contributed by atoms with Crippen molar-refractivity contribution in [2.24, 2.45) is 0 Å². The van der Waals surface area contributed by atoms with Gasteiger partial charge in [0.15, 0.2) is 16.6 Å².